The Balaban J connectivity index is 0.00000341. The summed E-state index contributed by atoms with van der Waals surface area (Å²) in [7, 11) is 1.77. The molecule has 0 unspecified atom stereocenters. The van der Waals surface area contributed by atoms with Gasteiger partial charge in [-0.2, -0.15) is 5.10 Å². The van der Waals surface area contributed by atoms with Gasteiger partial charge in [-0.1, -0.05) is 13.8 Å². The van der Waals surface area contributed by atoms with E-state index in [2.05, 4.69) is 44.7 Å². The second-order valence-corrected chi connectivity index (χ2v) is 7.59. The number of halogens is 1. The van der Waals surface area contributed by atoms with E-state index in [9.17, 15) is 4.79 Å². The molecule has 0 spiro atoms. The normalized spacial score (nSPS) is 15.1. The fourth-order valence-electron chi connectivity index (χ4n) is 3.75. The Morgan fingerprint density at radius 1 is 1.35 bits per heavy atom. The van der Waals surface area contributed by atoms with Crippen LogP contribution in [0.4, 0.5) is 0 Å². The molecule has 31 heavy (non-hydrogen) atoms. The van der Waals surface area contributed by atoms with E-state index in [1.165, 1.54) is 0 Å². The number of H-pyrrole nitrogens is 1. The predicted molar refractivity (Wildman–Crippen MR) is 131 cm³/mol. The van der Waals surface area contributed by atoms with Crippen molar-refractivity contribution in [2.75, 3.05) is 26.7 Å². The highest BCUT2D eigenvalue weighted by Crippen LogP contribution is 2.17. The molecule has 1 aliphatic heterocycles. The van der Waals surface area contributed by atoms with Gasteiger partial charge in [0.1, 0.15) is 5.82 Å². The first kappa shape index (κ1) is 25.2. The van der Waals surface area contributed by atoms with Crippen LogP contribution in [0.5, 0.6) is 0 Å². The van der Waals surface area contributed by atoms with E-state index in [0.29, 0.717) is 36.5 Å². The summed E-state index contributed by atoms with van der Waals surface area (Å²) in [6.45, 7) is 6.47. The number of carbonyl (C=O) groups excluding carboxylic acids is 1. The summed E-state index contributed by atoms with van der Waals surface area (Å²) in [6, 6.07) is 3.97. The number of nitrogens with zero attached hydrogens (tertiary/aromatic N) is 4. The Bertz CT molecular complexity index is 810. The molecular weight excluding hydrogens is 509 g/mol. The number of furan rings is 1. The van der Waals surface area contributed by atoms with Gasteiger partial charge in [0.15, 0.2) is 11.7 Å². The molecule has 2 aromatic heterocycles. The minimum atomic E-state index is 0. The lowest BCUT2D eigenvalue weighted by atomic mass is 9.98. The summed E-state index contributed by atoms with van der Waals surface area (Å²) < 4.78 is 5.31. The number of rotatable bonds is 8. The maximum Gasteiger partial charge on any atom is 0.225 e. The zero-order chi connectivity index (χ0) is 21.3. The van der Waals surface area contributed by atoms with Gasteiger partial charge in [0.2, 0.25) is 11.7 Å². The van der Waals surface area contributed by atoms with E-state index in [-0.39, 0.29) is 29.9 Å². The third-order valence-electron chi connectivity index (χ3n) is 5.63. The van der Waals surface area contributed by atoms with Gasteiger partial charge in [-0.15, -0.1) is 24.0 Å². The monoisotopic (exact) mass is 543 g/mol. The van der Waals surface area contributed by atoms with Crippen LogP contribution < -0.4 is 10.6 Å². The largest absolute Gasteiger partial charge is 0.461 e. The Kier molecular flexibility index (Phi) is 10.3. The fraction of sp³-hybridized carbons (Fsp3) is 0.619. The Hall–Kier alpha value is -2.11. The molecule has 3 N–H and O–H groups in total. The molecular formula is C21H34IN7O2. The Morgan fingerprint density at radius 3 is 2.71 bits per heavy atom. The first-order chi connectivity index (χ1) is 14.6. The molecule has 9 nitrogen and oxygen atoms in total. The van der Waals surface area contributed by atoms with E-state index < -0.39 is 0 Å². The number of carbonyl (C=O) groups is 1. The molecule has 0 atom stereocenters. The van der Waals surface area contributed by atoms with Gasteiger partial charge in [-0.05, 0) is 37.8 Å². The van der Waals surface area contributed by atoms with Crippen LogP contribution in [0.2, 0.25) is 0 Å². The molecule has 1 saturated heterocycles. The molecule has 1 amide bonds. The van der Waals surface area contributed by atoms with Crippen molar-refractivity contribution in [2.45, 2.75) is 52.0 Å². The number of hydrogen-bond donors (Lipinski definition) is 3. The number of aliphatic imine (C=N–C) groups is 1. The minimum absolute atomic E-state index is 0. The van der Waals surface area contributed by atoms with Crippen molar-refractivity contribution in [3.8, 4) is 11.6 Å². The first-order valence-corrected chi connectivity index (χ1v) is 10.9. The van der Waals surface area contributed by atoms with Gasteiger partial charge in [0, 0.05) is 45.1 Å². The molecule has 0 aromatic carbocycles. The molecule has 3 heterocycles. The van der Waals surface area contributed by atoms with Crippen LogP contribution in [0.15, 0.2) is 27.8 Å². The fourth-order valence-corrected chi connectivity index (χ4v) is 3.75. The molecule has 2 aromatic rings. The lowest BCUT2D eigenvalue weighted by molar-refractivity contribution is -0.136. The van der Waals surface area contributed by atoms with E-state index in [0.717, 1.165) is 50.6 Å². The first-order valence-electron chi connectivity index (χ1n) is 10.9. The van der Waals surface area contributed by atoms with Crippen molar-refractivity contribution in [1.82, 2.24) is 30.7 Å². The zero-order valence-corrected chi connectivity index (χ0v) is 20.9. The highest BCUT2D eigenvalue weighted by atomic mass is 127. The number of hydrogen-bond acceptors (Lipinski definition) is 5. The predicted octanol–water partition coefficient (Wildman–Crippen LogP) is 2.82. The van der Waals surface area contributed by atoms with Crippen molar-refractivity contribution in [1.29, 1.82) is 0 Å². The van der Waals surface area contributed by atoms with Crippen molar-refractivity contribution >= 4 is 35.8 Å². The lowest BCUT2D eigenvalue weighted by Gasteiger charge is -2.34. The maximum atomic E-state index is 12.5. The molecule has 0 radical (unpaired) electrons. The molecule has 172 valence electrons. The van der Waals surface area contributed by atoms with Crippen LogP contribution >= 0.6 is 24.0 Å². The molecule has 3 rings (SSSR count). The van der Waals surface area contributed by atoms with Crippen LogP contribution in [0.25, 0.3) is 11.6 Å². The number of aromatic nitrogens is 3. The summed E-state index contributed by atoms with van der Waals surface area (Å²) in [6.07, 6.45) is 5.99. The molecule has 1 fully saturated rings. The van der Waals surface area contributed by atoms with Gasteiger partial charge in [-0.25, -0.2) is 4.98 Å². The van der Waals surface area contributed by atoms with Crippen LogP contribution in [-0.4, -0.2) is 64.7 Å². The van der Waals surface area contributed by atoms with Crippen LogP contribution in [-0.2, 0) is 11.2 Å². The van der Waals surface area contributed by atoms with Crippen molar-refractivity contribution in [3.63, 3.8) is 0 Å². The van der Waals surface area contributed by atoms with Crippen molar-refractivity contribution in [3.05, 3.63) is 24.2 Å². The van der Waals surface area contributed by atoms with Crippen LogP contribution in [0.1, 0.15) is 45.4 Å². The third kappa shape index (κ3) is 6.94. The van der Waals surface area contributed by atoms with Crippen molar-refractivity contribution < 1.29 is 9.21 Å². The number of aromatic amines is 1. The summed E-state index contributed by atoms with van der Waals surface area (Å²) >= 11 is 0. The number of amides is 1. The quantitative estimate of drug-likeness (QED) is 0.268. The van der Waals surface area contributed by atoms with Crippen molar-refractivity contribution in [2.24, 2.45) is 10.9 Å². The second kappa shape index (κ2) is 12.7. The van der Waals surface area contributed by atoms with Crippen LogP contribution in [0.3, 0.4) is 0 Å². The van der Waals surface area contributed by atoms with E-state index in [4.69, 9.17) is 4.42 Å². The molecule has 0 aliphatic carbocycles. The summed E-state index contributed by atoms with van der Waals surface area (Å²) in [4.78, 5) is 23.3. The number of likely N-dealkylation sites (tertiary alicyclic amines) is 1. The Labute approximate surface area is 200 Å². The van der Waals surface area contributed by atoms with Gasteiger partial charge in [0.25, 0.3) is 0 Å². The maximum absolute atomic E-state index is 12.5. The van der Waals surface area contributed by atoms with E-state index >= 15 is 0 Å². The molecule has 0 saturated carbocycles. The third-order valence-corrected chi connectivity index (χ3v) is 5.63. The topological polar surface area (TPSA) is 111 Å². The second-order valence-electron chi connectivity index (χ2n) is 7.59. The summed E-state index contributed by atoms with van der Waals surface area (Å²) in [5.41, 5.74) is 0. The minimum Gasteiger partial charge on any atom is -0.461 e. The van der Waals surface area contributed by atoms with E-state index in [1.54, 1.807) is 13.3 Å². The highest BCUT2D eigenvalue weighted by molar-refractivity contribution is 14.0. The Morgan fingerprint density at radius 2 is 2.10 bits per heavy atom. The number of nitrogens with one attached hydrogen (secondary N) is 3. The molecule has 0 bridgehead atoms. The standard InChI is InChI=1S/C21H33N7O2.HI/c1-4-15(5-2)20(29)28-12-9-16(10-13-28)24-21(22-3)23-11-8-18-25-19(27-26-18)17-7-6-14-30-17;/h6-7,14-16H,4-5,8-13H2,1-3H3,(H2,22,23,24)(H,25,26,27);1H. The summed E-state index contributed by atoms with van der Waals surface area (Å²) in [5, 5.41) is 13.9. The molecule has 1 aliphatic rings. The zero-order valence-electron chi connectivity index (χ0n) is 18.6. The average Bonchev–Trinajstić information content (AvgIpc) is 3.46. The van der Waals surface area contributed by atoms with Crippen LogP contribution in [0, 0.1) is 5.92 Å². The smallest absolute Gasteiger partial charge is 0.225 e. The SMILES string of the molecule is CCC(CC)C(=O)N1CCC(NC(=NC)NCCc2nc(-c3ccco3)n[nH]2)CC1.I. The highest BCUT2D eigenvalue weighted by Gasteiger charge is 2.26. The summed E-state index contributed by atoms with van der Waals surface area (Å²) in [5.74, 6) is 3.24. The number of piperidine rings is 1. The van der Waals surface area contributed by atoms with Gasteiger partial charge in [-0.3, -0.25) is 14.9 Å². The van der Waals surface area contributed by atoms with Gasteiger partial charge in [0.05, 0.1) is 6.26 Å². The van der Waals surface area contributed by atoms with Gasteiger partial charge >= 0.3 is 0 Å². The number of guanidine groups is 1. The van der Waals surface area contributed by atoms with E-state index in [1.807, 2.05) is 17.0 Å². The van der Waals surface area contributed by atoms with Gasteiger partial charge < -0.3 is 20.0 Å². The average molecular weight is 543 g/mol. The molecule has 10 heteroatoms. The lowest BCUT2D eigenvalue weighted by Crippen LogP contribution is -2.50.